The molecule has 0 N–H and O–H groups in total. The third kappa shape index (κ3) is 3.56. The lowest BCUT2D eigenvalue weighted by atomic mass is 10.2. The minimum absolute atomic E-state index is 0.287. The topological polar surface area (TPSA) is 27.1 Å². The molecule has 0 fully saturated rings. The molecule has 92 valence electrons. The highest BCUT2D eigenvalue weighted by atomic mass is 127. The first-order valence-corrected chi connectivity index (χ1v) is 9.53. The number of aromatic nitrogens is 2. The van der Waals surface area contributed by atoms with Crippen LogP contribution in [0.5, 0.6) is 0 Å². The number of nitrogens with zero attached hydrogens (tertiary/aromatic N) is 2. The van der Waals surface area contributed by atoms with Gasteiger partial charge >= 0.3 is 0 Å². The van der Waals surface area contributed by atoms with Gasteiger partial charge in [0.05, 0.1) is 6.61 Å². The Labute approximate surface area is 113 Å². The van der Waals surface area contributed by atoms with Gasteiger partial charge in [-0.25, -0.2) is 4.98 Å². The van der Waals surface area contributed by atoms with Crippen molar-refractivity contribution in [3.8, 4) is 0 Å². The monoisotopic (exact) mass is 352 g/mol. The fourth-order valence-electron chi connectivity index (χ4n) is 1.09. The summed E-state index contributed by atoms with van der Waals surface area (Å²) in [5, 5.41) is 0.287. The van der Waals surface area contributed by atoms with E-state index in [9.17, 15) is 0 Å². The smallest absolute Gasteiger partial charge is 0.192 e. The lowest BCUT2D eigenvalue weighted by molar-refractivity contribution is 0.270. The molecule has 0 saturated carbocycles. The molecular formula is C11H21IN2OSi. The van der Waals surface area contributed by atoms with Gasteiger partial charge in [-0.1, -0.05) is 20.8 Å². The van der Waals surface area contributed by atoms with Crippen molar-refractivity contribution in [3.05, 3.63) is 16.2 Å². The minimum Gasteiger partial charge on any atom is -0.415 e. The van der Waals surface area contributed by atoms with E-state index >= 15 is 0 Å². The van der Waals surface area contributed by atoms with Crippen LogP contribution in [0.2, 0.25) is 18.1 Å². The summed E-state index contributed by atoms with van der Waals surface area (Å²) in [6.45, 7) is 13.0. The molecule has 16 heavy (non-hydrogen) atoms. The molecule has 0 spiro atoms. The summed E-state index contributed by atoms with van der Waals surface area (Å²) < 4.78 is 9.25. The Bertz CT molecular complexity index is 344. The van der Waals surface area contributed by atoms with Gasteiger partial charge in [0.1, 0.15) is 0 Å². The molecule has 0 aliphatic heterocycles. The van der Waals surface area contributed by atoms with Crippen molar-refractivity contribution in [2.24, 2.45) is 0 Å². The molecular weight excluding hydrogens is 331 g/mol. The van der Waals surface area contributed by atoms with Crippen molar-refractivity contribution in [1.82, 2.24) is 9.55 Å². The summed E-state index contributed by atoms with van der Waals surface area (Å²) >= 11 is 2.24. The van der Waals surface area contributed by atoms with Gasteiger partial charge in [-0.3, -0.25) is 0 Å². The van der Waals surface area contributed by atoms with Crippen LogP contribution in [0.1, 0.15) is 20.8 Å². The molecule has 1 rings (SSSR count). The van der Waals surface area contributed by atoms with Crippen LogP contribution in [0.25, 0.3) is 0 Å². The summed E-state index contributed by atoms with van der Waals surface area (Å²) in [4.78, 5) is 4.19. The van der Waals surface area contributed by atoms with E-state index in [1.54, 1.807) is 0 Å². The van der Waals surface area contributed by atoms with Crippen LogP contribution in [0.4, 0.5) is 0 Å². The Morgan fingerprint density at radius 1 is 1.44 bits per heavy atom. The van der Waals surface area contributed by atoms with E-state index in [-0.39, 0.29) is 5.04 Å². The second-order valence-electron chi connectivity index (χ2n) is 5.50. The third-order valence-corrected chi connectivity index (χ3v) is 8.70. The Morgan fingerprint density at radius 2 is 2.06 bits per heavy atom. The van der Waals surface area contributed by atoms with Gasteiger partial charge in [-0.2, -0.15) is 0 Å². The van der Waals surface area contributed by atoms with E-state index in [2.05, 4.69) is 66.0 Å². The summed E-state index contributed by atoms with van der Waals surface area (Å²) in [5.41, 5.74) is 0. The number of imidazole rings is 1. The molecule has 1 aromatic heterocycles. The maximum atomic E-state index is 6.11. The third-order valence-electron chi connectivity index (χ3n) is 3.27. The predicted molar refractivity (Wildman–Crippen MR) is 78.1 cm³/mol. The first-order chi connectivity index (χ1) is 7.24. The van der Waals surface area contributed by atoms with Gasteiger partial charge in [-0.05, 0) is 40.7 Å². The second kappa shape index (κ2) is 5.18. The quantitative estimate of drug-likeness (QED) is 0.613. The lowest BCUT2D eigenvalue weighted by Gasteiger charge is -2.36. The van der Waals surface area contributed by atoms with Crippen molar-refractivity contribution in [3.63, 3.8) is 0 Å². The van der Waals surface area contributed by atoms with Crippen LogP contribution in [0.15, 0.2) is 12.4 Å². The summed E-state index contributed by atoms with van der Waals surface area (Å²) in [5.74, 6) is 0. The Kier molecular flexibility index (Phi) is 4.59. The zero-order valence-electron chi connectivity index (χ0n) is 10.7. The number of rotatable bonds is 4. The number of hydrogen-bond acceptors (Lipinski definition) is 2. The van der Waals surface area contributed by atoms with Crippen molar-refractivity contribution in [2.45, 2.75) is 45.4 Å². The maximum absolute atomic E-state index is 6.11. The van der Waals surface area contributed by atoms with E-state index in [1.807, 2.05) is 12.4 Å². The van der Waals surface area contributed by atoms with Gasteiger partial charge < -0.3 is 8.99 Å². The number of halogens is 1. The summed E-state index contributed by atoms with van der Waals surface area (Å²) in [7, 11) is -1.59. The standard InChI is InChI=1S/C11H21IN2OSi/c1-11(2,3)16(4,5)15-9-8-14-7-6-13-10(14)12/h6-7H,8-9H2,1-5H3. The highest BCUT2D eigenvalue weighted by molar-refractivity contribution is 14.1. The fourth-order valence-corrected chi connectivity index (χ4v) is 2.69. The van der Waals surface area contributed by atoms with Crippen molar-refractivity contribution in [2.75, 3.05) is 6.61 Å². The molecule has 0 amide bonds. The van der Waals surface area contributed by atoms with Gasteiger partial charge in [0.25, 0.3) is 0 Å². The molecule has 0 bridgehead atoms. The Morgan fingerprint density at radius 3 is 2.50 bits per heavy atom. The van der Waals surface area contributed by atoms with E-state index in [0.29, 0.717) is 0 Å². The van der Waals surface area contributed by atoms with E-state index < -0.39 is 8.32 Å². The van der Waals surface area contributed by atoms with E-state index in [0.717, 1.165) is 17.0 Å². The van der Waals surface area contributed by atoms with E-state index in [4.69, 9.17) is 4.43 Å². The lowest BCUT2D eigenvalue weighted by Crippen LogP contribution is -2.41. The average molecular weight is 352 g/mol. The van der Waals surface area contributed by atoms with Crippen LogP contribution in [-0.4, -0.2) is 24.5 Å². The molecule has 0 atom stereocenters. The molecule has 0 saturated heterocycles. The van der Waals surface area contributed by atoms with Crippen LogP contribution in [0, 0.1) is 3.83 Å². The van der Waals surface area contributed by atoms with Gasteiger partial charge in [-0.15, -0.1) is 0 Å². The van der Waals surface area contributed by atoms with Gasteiger partial charge in [0, 0.05) is 18.9 Å². The first kappa shape index (κ1) is 14.2. The highest BCUT2D eigenvalue weighted by Gasteiger charge is 2.36. The normalized spacial score (nSPS) is 13.1. The average Bonchev–Trinajstić information content (AvgIpc) is 2.49. The van der Waals surface area contributed by atoms with Crippen molar-refractivity contribution in [1.29, 1.82) is 0 Å². The molecule has 5 heteroatoms. The Balaban J connectivity index is 2.45. The largest absolute Gasteiger partial charge is 0.415 e. The fraction of sp³-hybridized carbons (Fsp3) is 0.727. The summed E-state index contributed by atoms with van der Waals surface area (Å²) in [6, 6.07) is 0. The van der Waals surface area contributed by atoms with Crippen LogP contribution in [0.3, 0.4) is 0 Å². The summed E-state index contributed by atoms with van der Waals surface area (Å²) in [6.07, 6.45) is 3.82. The van der Waals surface area contributed by atoms with Crippen molar-refractivity contribution < 1.29 is 4.43 Å². The van der Waals surface area contributed by atoms with Crippen LogP contribution < -0.4 is 0 Å². The first-order valence-electron chi connectivity index (χ1n) is 5.54. The van der Waals surface area contributed by atoms with E-state index in [1.165, 1.54) is 0 Å². The molecule has 0 unspecified atom stereocenters. The molecule has 0 radical (unpaired) electrons. The molecule has 0 aromatic carbocycles. The van der Waals surface area contributed by atoms with Crippen molar-refractivity contribution >= 4 is 30.9 Å². The molecule has 1 heterocycles. The molecule has 0 aliphatic carbocycles. The van der Waals surface area contributed by atoms with Gasteiger partial charge in [0.15, 0.2) is 12.1 Å². The SMILES string of the molecule is CC(C)(C)[Si](C)(C)OCCn1ccnc1I. The Hall–Kier alpha value is 0.117. The maximum Gasteiger partial charge on any atom is 0.192 e. The van der Waals surface area contributed by atoms with Gasteiger partial charge in [0.2, 0.25) is 0 Å². The zero-order valence-corrected chi connectivity index (χ0v) is 13.9. The number of hydrogen-bond donors (Lipinski definition) is 0. The van der Waals surface area contributed by atoms with Crippen LogP contribution in [-0.2, 0) is 11.0 Å². The predicted octanol–water partition coefficient (Wildman–Crippen LogP) is 3.51. The zero-order chi connectivity index (χ0) is 12.4. The molecule has 0 aliphatic rings. The second-order valence-corrected chi connectivity index (χ2v) is 11.3. The molecule has 3 nitrogen and oxygen atoms in total. The van der Waals surface area contributed by atoms with Crippen LogP contribution >= 0.6 is 22.6 Å². The highest BCUT2D eigenvalue weighted by Crippen LogP contribution is 2.36. The molecule has 1 aromatic rings. The minimum atomic E-state index is -1.59.